The second-order valence-electron chi connectivity index (χ2n) is 4.96. The molecule has 0 aliphatic carbocycles. The fourth-order valence-electron chi connectivity index (χ4n) is 2.08. The Labute approximate surface area is 115 Å². The third kappa shape index (κ3) is 2.82. The van der Waals surface area contributed by atoms with E-state index in [1.807, 2.05) is 64.1 Å². The van der Waals surface area contributed by atoms with Crippen LogP contribution in [0.15, 0.2) is 36.4 Å². The summed E-state index contributed by atoms with van der Waals surface area (Å²) in [7, 11) is -0.930. The SMILES string of the molecule is Cc1cccc(OB(O)c2cccc(C)c2C)c1C. The van der Waals surface area contributed by atoms with Crippen LogP contribution in [0.4, 0.5) is 0 Å². The highest BCUT2D eigenvalue weighted by atomic mass is 16.5. The molecule has 2 aromatic rings. The molecular formula is C16H19BO2. The van der Waals surface area contributed by atoms with Crippen LogP contribution < -0.4 is 10.1 Å². The monoisotopic (exact) mass is 254 g/mol. The molecule has 0 aromatic heterocycles. The number of aryl methyl sites for hydroxylation is 2. The Kier molecular flexibility index (Phi) is 3.96. The molecule has 0 spiro atoms. The van der Waals surface area contributed by atoms with Crippen LogP contribution in [-0.4, -0.2) is 12.1 Å². The topological polar surface area (TPSA) is 29.5 Å². The molecule has 0 radical (unpaired) electrons. The van der Waals surface area contributed by atoms with Crippen LogP contribution in [0, 0.1) is 27.7 Å². The molecule has 19 heavy (non-hydrogen) atoms. The van der Waals surface area contributed by atoms with Gasteiger partial charge in [0.2, 0.25) is 0 Å². The van der Waals surface area contributed by atoms with E-state index < -0.39 is 7.12 Å². The van der Waals surface area contributed by atoms with Gasteiger partial charge in [-0.05, 0) is 61.5 Å². The standard InChI is InChI=1S/C16H19BO2/c1-11-7-5-9-15(13(11)3)17(18)19-16-10-6-8-12(2)14(16)4/h5-10,18H,1-4H3. The predicted octanol–water partition coefficient (Wildman–Crippen LogP) is 2.69. The van der Waals surface area contributed by atoms with Gasteiger partial charge in [-0.25, -0.2) is 0 Å². The first kappa shape index (κ1) is 13.7. The summed E-state index contributed by atoms with van der Waals surface area (Å²) in [5, 5.41) is 10.3. The molecule has 0 saturated carbocycles. The third-order valence-corrected chi connectivity index (χ3v) is 3.71. The first-order valence-corrected chi connectivity index (χ1v) is 6.47. The summed E-state index contributed by atoms with van der Waals surface area (Å²) in [5.74, 6) is 0.730. The predicted molar refractivity (Wildman–Crippen MR) is 80.1 cm³/mol. The minimum Gasteiger partial charge on any atom is -0.532 e. The molecule has 2 rings (SSSR count). The molecule has 0 aliphatic heterocycles. The maximum atomic E-state index is 10.3. The summed E-state index contributed by atoms with van der Waals surface area (Å²) < 4.78 is 5.70. The molecule has 0 unspecified atom stereocenters. The Morgan fingerprint density at radius 1 is 0.842 bits per heavy atom. The molecule has 3 heteroatoms. The van der Waals surface area contributed by atoms with Crippen molar-refractivity contribution < 1.29 is 9.68 Å². The highest BCUT2D eigenvalue weighted by molar-refractivity contribution is 6.61. The lowest BCUT2D eigenvalue weighted by Gasteiger charge is -2.16. The van der Waals surface area contributed by atoms with Gasteiger partial charge in [-0.1, -0.05) is 30.3 Å². The molecule has 0 saturated heterocycles. The van der Waals surface area contributed by atoms with Gasteiger partial charge in [0.25, 0.3) is 0 Å². The van der Waals surface area contributed by atoms with Crippen LogP contribution in [0.25, 0.3) is 0 Å². The van der Waals surface area contributed by atoms with E-state index >= 15 is 0 Å². The minimum atomic E-state index is -0.930. The van der Waals surface area contributed by atoms with E-state index in [-0.39, 0.29) is 0 Å². The van der Waals surface area contributed by atoms with Crippen LogP contribution in [0.1, 0.15) is 22.3 Å². The van der Waals surface area contributed by atoms with Gasteiger partial charge < -0.3 is 9.68 Å². The Hall–Kier alpha value is -1.74. The van der Waals surface area contributed by atoms with Crippen molar-refractivity contribution in [3.63, 3.8) is 0 Å². The van der Waals surface area contributed by atoms with E-state index in [1.165, 1.54) is 0 Å². The molecule has 0 bridgehead atoms. The number of hydrogen-bond acceptors (Lipinski definition) is 2. The van der Waals surface area contributed by atoms with Crippen LogP contribution in [0.2, 0.25) is 0 Å². The van der Waals surface area contributed by atoms with Crippen LogP contribution in [0.5, 0.6) is 5.75 Å². The molecule has 0 atom stereocenters. The molecule has 2 nitrogen and oxygen atoms in total. The smallest absolute Gasteiger partial charge is 0.532 e. The van der Waals surface area contributed by atoms with Crippen molar-refractivity contribution in [1.29, 1.82) is 0 Å². The zero-order valence-corrected chi connectivity index (χ0v) is 11.9. The van der Waals surface area contributed by atoms with Crippen molar-refractivity contribution >= 4 is 12.6 Å². The van der Waals surface area contributed by atoms with Gasteiger partial charge in [0.1, 0.15) is 5.75 Å². The van der Waals surface area contributed by atoms with Crippen molar-refractivity contribution in [1.82, 2.24) is 0 Å². The van der Waals surface area contributed by atoms with Gasteiger partial charge in [-0.3, -0.25) is 0 Å². The van der Waals surface area contributed by atoms with E-state index in [0.717, 1.165) is 33.5 Å². The summed E-state index contributed by atoms with van der Waals surface area (Å²) in [5.41, 5.74) is 5.26. The Bertz CT molecular complexity index is 593. The maximum Gasteiger partial charge on any atom is 0.560 e. The zero-order chi connectivity index (χ0) is 14.0. The summed E-state index contributed by atoms with van der Waals surface area (Å²) in [6.45, 7) is 8.07. The molecule has 98 valence electrons. The lowest BCUT2D eigenvalue weighted by atomic mass is 9.75. The second kappa shape index (κ2) is 5.49. The first-order chi connectivity index (χ1) is 9.00. The Morgan fingerprint density at radius 3 is 2.11 bits per heavy atom. The molecular weight excluding hydrogens is 235 g/mol. The Morgan fingerprint density at radius 2 is 1.42 bits per heavy atom. The van der Waals surface area contributed by atoms with Crippen molar-refractivity contribution in [3.8, 4) is 5.75 Å². The summed E-state index contributed by atoms with van der Waals surface area (Å²) >= 11 is 0. The number of rotatable bonds is 3. The van der Waals surface area contributed by atoms with Gasteiger partial charge in [0, 0.05) is 0 Å². The van der Waals surface area contributed by atoms with Gasteiger partial charge in [-0.15, -0.1) is 0 Å². The number of benzene rings is 2. The average Bonchev–Trinajstić information content (AvgIpc) is 2.38. The van der Waals surface area contributed by atoms with Crippen LogP contribution in [-0.2, 0) is 0 Å². The molecule has 0 fully saturated rings. The van der Waals surface area contributed by atoms with E-state index in [0.29, 0.717) is 0 Å². The zero-order valence-electron chi connectivity index (χ0n) is 11.9. The highest BCUT2D eigenvalue weighted by Crippen LogP contribution is 2.21. The van der Waals surface area contributed by atoms with E-state index in [1.54, 1.807) is 0 Å². The van der Waals surface area contributed by atoms with Gasteiger partial charge >= 0.3 is 7.12 Å². The van der Waals surface area contributed by atoms with Gasteiger partial charge in [0.15, 0.2) is 0 Å². The van der Waals surface area contributed by atoms with E-state index in [2.05, 4.69) is 0 Å². The van der Waals surface area contributed by atoms with Crippen molar-refractivity contribution in [3.05, 3.63) is 58.7 Å². The quantitative estimate of drug-likeness (QED) is 0.853. The van der Waals surface area contributed by atoms with E-state index in [9.17, 15) is 5.02 Å². The third-order valence-electron chi connectivity index (χ3n) is 3.71. The summed E-state index contributed by atoms with van der Waals surface area (Å²) in [4.78, 5) is 0. The van der Waals surface area contributed by atoms with Gasteiger partial charge in [0.05, 0.1) is 0 Å². The fourth-order valence-corrected chi connectivity index (χ4v) is 2.08. The summed E-state index contributed by atoms with van der Waals surface area (Å²) in [6, 6.07) is 11.7. The number of hydrogen-bond donors (Lipinski definition) is 1. The second-order valence-corrected chi connectivity index (χ2v) is 4.96. The van der Waals surface area contributed by atoms with Gasteiger partial charge in [-0.2, -0.15) is 0 Å². The molecule has 0 amide bonds. The maximum absolute atomic E-state index is 10.3. The van der Waals surface area contributed by atoms with Crippen LogP contribution in [0.3, 0.4) is 0 Å². The lowest BCUT2D eigenvalue weighted by Crippen LogP contribution is -2.38. The normalized spacial score (nSPS) is 10.4. The summed E-state index contributed by atoms with van der Waals surface area (Å²) in [6.07, 6.45) is 0. The average molecular weight is 254 g/mol. The highest BCUT2D eigenvalue weighted by Gasteiger charge is 2.22. The largest absolute Gasteiger partial charge is 0.560 e. The van der Waals surface area contributed by atoms with Crippen molar-refractivity contribution in [2.75, 3.05) is 0 Å². The molecule has 1 N–H and O–H groups in total. The minimum absolute atomic E-state index is 0.730. The first-order valence-electron chi connectivity index (χ1n) is 6.47. The van der Waals surface area contributed by atoms with Crippen LogP contribution >= 0.6 is 0 Å². The lowest BCUT2D eigenvalue weighted by molar-refractivity contribution is 0.430. The van der Waals surface area contributed by atoms with E-state index in [4.69, 9.17) is 4.65 Å². The Balaban J connectivity index is 2.28. The fraction of sp³-hybridized carbons (Fsp3) is 0.250. The van der Waals surface area contributed by atoms with Crippen molar-refractivity contribution in [2.24, 2.45) is 0 Å². The molecule has 0 heterocycles. The molecule has 0 aliphatic rings. The molecule has 2 aromatic carbocycles. The van der Waals surface area contributed by atoms with Crippen molar-refractivity contribution in [2.45, 2.75) is 27.7 Å².